The van der Waals surface area contributed by atoms with Crippen LogP contribution in [0.2, 0.25) is 0 Å². The van der Waals surface area contributed by atoms with Crippen molar-refractivity contribution in [3.8, 4) is 28.5 Å². The summed E-state index contributed by atoms with van der Waals surface area (Å²) in [4.78, 5) is 8.98. The van der Waals surface area contributed by atoms with Crippen molar-refractivity contribution in [2.75, 3.05) is 0 Å². The zero-order valence-electron chi connectivity index (χ0n) is 15.0. The number of rotatable bonds is 2. The Kier molecular flexibility index (Phi) is 3.49. The highest BCUT2D eigenvalue weighted by Gasteiger charge is 2.17. The third-order valence-electron chi connectivity index (χ3n) is 4.98. The van der Waals surface area contributed by atoms with Crippen LogP contribution in [0.15, 0.2) is 67.4 Å². The summed E-state index contributed by atoms with van der Waals surface area (Å²) in [6.45, 7) is 0. The highest BCUT2D eigenvalue weighted by atomic mass is 19.1. The molecule has 5 rings (SSSR count). The molecule has 0 N–H and O–H groups in total. The molecule has 134 valence electrons. The van der Waals surface area contributed by atoms with Crippen LogP contribution in [0.25, 0.3) is 38.9 Å². The number of hydrogen-bond donors (Lipinski definition) is 0. The van der Waals surface area contributed by atoms with E-state index in [-0.39, 0.29) is 5.56 Å². The molecule has 0 fully saturated rings. The molecule has 0 saturated heterocycles. The number of pyridine rings is 2. The van der Waals surface area contributed by atoms with Gasteiger partial charge in [0.25, 0.3) is 0 Å². The van der Waals surface area contributed by atoms with Gasteiger partial charge in [0, 0.05) is 48.3 Å². The Morgan fingerprint density at radius 2 is 1.89 bits per heavy atom. The van der Waals surface area contributed by atoms with Crippen LogP contribution in [-0.4, -0.2) is 18.9 Å². The van der Waals surface area contributed by atoms with E-state index in [1.807, 2.05) is 65.1 Å². The lowest BCUT2D eigenvalue weighted by Crippen LogP contribution is -1.95. The Morgan fingerprint density at radius 3 is 2.71 bits per heavy atom. The van der Waals surface area contributed by atoms with Gasteiger partial charge < -0.3 is 8.97 Å². The number of aryl methyl sites for hydroxylation is 1. The Morgan fingerprint density at radius 1 is 1.04 bits per heavy atom. The number of nitrogens with zero attached hydrogens (tertiary/aromatic N) is 5. The summed E-state index contributed by atoms with van der Waals surface area (Å²) < 4.78 is 18.3. The molecule has 0 aliphatic rings. The van der Waals surface area contributed by atoms with E-state index in [0.29, 0.717) is 5.56 Å². The normalized spacial score (nSPS) is 11.2. The molecular weight excluding hydrogens is 353 g/mol. The van der Waals surface area contributed by atoms with Crippen molar-refractivity contribution < 1.29 is 4.39 Å². The number of imidazole rings is 1. The fraction of sp³-hybridized carbons (Fsp3) is 0.0455. The number of nitriles is 1. The lowest BCUT2D eigenvalue weighted by Gasteiger charge is -2.12. The van der Waals surface area contributed by atoms with Crippen molar-refractivity contribution in [2.45, 2.75) is 0 Å². The lowest BCUT2D eigenvalue weighted by atomic mass is 9.96. The van der Waals surface area contributed by atoms with Gasteiger partial charge in [0.05, 0.1) is 23.0 Å². The second kappa shape index (κ2) is 6.03. The Balaban J connectivity index is 1.83. The van der Waals surface area contributed by atoms with Gasteiger partial charge in [0.15, 0.2) is 0 Å². The summed E-state index contributed by atoms with van der Waals surface area (Å²) in [5.41, 5.74) is 4.98. The molecule has 0 atom stereocenters. The fourth-order valence-corrected chi connectivity index (χ4v) is 3.56. The van der Waals surface area contributed by atoms with Gasteiger partial charge in [-0.2, -0.15) is 5.26 Å². The minimum atomic E-state index is -0.538. The van der Waals surface area contributed by atoms with Gasteiger partial charge >= 0.3 is 0 Å². The zero-order chi connectivity index (χ0) is 19.3. The van der Waals surface area contributed by atoms with Crippen LogP contribution in [0.1, 0.15) is 5.56 Å². The maximum Gasteiger partial charge on any atom is 0.141 e. The Hall–Kier alpha value is -3.98. The standard InChI is InChI=1S/C22H14FN5/c1-27-8-6-17-19(27)12-26-22(16-4-5-20-25-7-9-28(20)13-16)21(17)14-2-3-15(11-24)18(23)10-14/h2-10,12-13H,1H3. The van der Waals surface area contributed by atoms with Crippen molar-refractivity contribution in [1.82, 2.24) is 18.9 Å². The minimum absolute atomic E-state index is 0.0262. The van der Waals surface area contributed by atoms with E-state index in [1.165, 1.54) is 12.1 Å². The van der Waals surface area contributed by atoms with E-state index < -0.39 is 5.82 Å². The van der Waals surface area contributed by atoms with E-state index in [1.54, 1.807) is 12.3 Å². The molecule has 5 nitrogen and oxygen atoms in total. The number of aromatic nitrogens is 4. The SMILES string of the molecule is Cn1ccc2c(-c3ccc(C#N)c(F)c3)c(-c3ccc4nccn4c3)ncc21. The number of halogens is 1. The third-order valence-corrected chi connectivity index (χ3v) is 4.98. The summed E-state index contributed by atoms with van der Waals surface area (Å²) in [5.74, 6) is -0.538. The predicted molar refractivity (Wildman–Crippen MR) is 105 cm³/mol. The van der Waals surface area contributed by atoms with E-state index in [2.05, 4.69) is 4.98 Å². The van der Waals surface area contributed by atoms with Crippen molar-refractivity contribution in [2.24, 2.45) is 7.05 Å². The quantitative estimate of drug-likeness (QED) is 0.459. The molecule has 4 heterocycles. The molecule has 0 bridgehead atoms. The Bertz CT molecular complexity index is 1400. The predicted octanol–water partition coefficient (Wildman–Crippen LogP) is 4.57. The molecule has 28 heavy (non-hydrogen) atoms. The molecule has 4 aromatic heterocycles. The molecule has 0 amide bonds. The van der Waals surface area contributed by atoms with Crippen LogP contribution in [0, 0.1) is 17.1 Å². The number of hydrogen-bond acceptors (Lipinski definition) is 3. The lowest BCUT2D eigenvalue weighted by molar-refractivity contribution is 0.624. The summed E-state index contributed by atoms with van der Waals surface area (Å²) in [6.07, 6.45) is 9.36. The van der Waals surface area contributed by atoms with Crippen molar-refractivity contribution in [3.05, 3.63) is 78.8 Å². The highest BCUT2D eigenvalue weighted by molar-refractivity contribution is 6.01. The molecule has 0 saturated carbocycles. The molecule has 1 aromatic carbocycles. The second-order valence-corrected chi connectivity index (χ2v) is 6.62. The molecule has 0 aliphatic heterocycles. The molecule has 0 radical (unpaired) electrons. The molecule has 0 spiro atoms. The van der Waals surface area contributed by atoms with Gasteiger partial charge in [-0.3, -0.25) is 4.98 Å². The monoisotopic (exact) mass is 367 g/mol. The van der Waals surface area contributed by atoms with Crippen LogP contribution in [0.3, 0.4) is 0 Å². The average Bonchev–Trinajstić information content (AvgIpc) is 3.33. The first kappa shape index (κ1) is 16.2. The average molecular weight is 367 g/mol. The van der Waals surface area contributed by atoms with Crippen LogP contribution >= 0.6 is 0 Å². The summed E-state index contributed by atoms with van der Waals surface area (Å²) in [5, 5.41) is 10.0. The molecule has 6 heteroatoms. The number of fused-ring (bicyclic) bond motifs is 2. The molecule has 0 aliphatic carbocycles. The summed E-state index contributed by atoms with van der Waals surface area (Å²) >= 11 is 0. The van der Waals surface area contributed by atoms with E-state index in [4.69, 9.17) is 10.2 Å². The molecular formula is C22H14FN5. The minimum Gasteiger partial charge on any atom is -0.349 e. The number of benzene rings is 1. The highest BCUT2D eigenvalue weighted by Crippen LogP contribution is 2.37. The van der Waals surface area contributed by atoms with Gasteiger partial charge in [-0.1, -0.05) is 6.07 Å². The molecule has 5 aromatic rings. The topological polar surface area (TPSA) is 58.9 Å². The van der Waals surface area contributed by atoms with Gasteiger partial charge in [-0.25, -0.2) is 9.37 Å². The maximum absolute atomic E-state index is 14.4. The largest absolute Gasteiger partial charge is 0.349 e. The first-order valence-corrected chi connectivity index (χ1v) is 8.73. The van der Waals surface area contributed by atoms with Gasteiger partial charge in [-0.05, 0) is 35.9 Å². The first-order chi connectivity index (χ1) is 13.7. The maximum atomic E-state index is 14.4. The van der Waals surface area contributed by atoms with E-state index >= 15 is 0 Å². The molecule has 0 unspecified atom stereocenters. The van der Waals surface area contributed by atoms with E-state index in [9.17, 15) is 4.39 Å². The van der Waals surface area contributed by atoms with Crippen LogP contribution < -0.4 is 0 Å². The van der Waals surface area contributed by atoms with Gasteiger partial charge in [0.2, 0.25) is 0 Å². The van der Waals surface area contributed by atoms with E-state index in [0.717, 1.165) is 33.4 Å². The van der Waals surface area contributed by atoms with Gasteiger partial charge in [-0.15, -0.1) is 0 Å². The van der Waals surface area contributed by atoms with Crippen molar-refractivity contribution in [3.63, 3.8) is 0 Å². The van der Waals surface area contributed by atoms with Crippen LogP contribution in [0.4, 0.5) is 4.39 Å². The van der Waals surface area contributed by atoms with Crippen LogP contribution in [0.5, 0.6) is 0 Å². The van der Waals surface area contributed by atoms with Crippen molar-refractivity contribution in [1.29, 1.82) is 5.26 Å². The smallest absolute Gasteiger partial charge is 0.141 e. The zero-order valence-corrected chi connectivity index (χ0v) is 15.0. The third kappa shape index (κ3) is 2.37. The van der Waals surface area contributed by atoms with Gasteiger partial charge in [0.1, 0.15) is 17.5 Å². The second-order valence-electron chi connectivity index (χ2n) is 6.62. The summed E-state index contributed by atoms with van der Waals surface area (Å²) in [6, 6.07) is 12.4. The van der Waals surface area contributed by atoms with Crippen LogP contribution in [-0.2, 0) is 7.05 Å². The summed E-state index contributed by atoms with van der Waals surface area (Å²) in [7, 11) is 1.95. The van der Waals surface area contributed by atoms with Crippen molar-refractivity contribution >= 4 is 16.6 Å². The first-order valence-electron chi connectivity index (χ1n) is 8.73. The fourth-order valence-electron chi connectivity index (χ4n) is 3.56. The Labute approximate surface area is 159 Å².